The molecule has 0 atom stereocenters. The van der Waals surface area contributed by atoms with E-state index < -0.39 is 0 Å². The van der Waals surface area contributed by atoms with Crippen LogP contribution in [0.4, 0.5) is 0 Å². The highest BCUT2D eigenvalue weighted by Crippen LogP contribution is 2.12. The molecule has 87 valence electrons. The van der Waals surface area contributed by atoms with Crippen LogP contribution in [0.1, 0.15) is 38.5 Å². The summed E-state index contributed by atoms with van der Waals surface area (Å²) in [6.45, 7) is 5.85. The van der Waals surface area contributed by atoms with Gasteiger partial charge < -0.3 is 5.32 Å². The third kappa shape index (κ3) is 7.14. The lowest BCUT2D eigenvalue weighted by molar-refractivity contribution is 0.268. The van der Waals surface area contributed by atoms with Gasteiger partial charge in [0.2, 0.25) is 0 Å². The lowest BCUT2D eigenvalue weighted by atomic mass is 10.1. The Bertz CT molecular complexity index is 179. The average molecular weight is 245 g/mol. The monoisotopic (exact) mass is 245 g/mol. The highest BCUT2D eigenvalue weighted by Gasteiger charge is 2.08. The standard InChI is InChI=1S/C11H21N2S2/c14-11(15)12-7-3-1-4-8-13-9-5-2-6-10-13/h8H,1-7,9-10H2,(H2,12,14,15). The number of piperidine rings is 1. The minimum absolute atomic E-state index is 0.606. The van der Waals surface area contributed by atoms with Crippen molar-refractivity contribution in [3.05, 3.63) is 6.54 Å². The van der Waals surface area contributed by atoms with Crippen LogP contribution in [0.25, 0.3) is 0 Å². The second-order valence-electron chi connectivity index (χ2n) is 4.01. The van der Waals surface area contributed by atoms with E-state index in [1.807, 2.05) is 0 Å². The van der Waals surface area contributed by atoms with Crippen LogP contribution in [-0.2, 0) is 0 Å². The molecule has 0 aliphatic carbocycles. The van der Waals surface area contributed by atoms with E-state index in [9.17, 15) is 0 Å². The van der Waals surface area contributed by atoms with Gasteiger partial charge in [0.1, 0.15) is 4.32 Å². The minimum Gasteiger partial charge on any atom is -0.371 e. The average Bonchev–Trinajstić information content (AvgIpc) is 2.24. The predicted octanol–water partition coefficient (Wildman–Crippen LogP) is 2.61. The van der Waals surface area contributed by atoms with Crippen LogP contribution < -0.4 is 5.32 Å². The van der Waals surface area contributed by atoms with Crippen LogP contribution in [0, 0.1) is 6.54 Å². The van der Waals surface area contributed by atoms with E-state index in [-0.39, 0.29) is 0 Å². The van der Waals surface area contributed by atoms with Crippen molar-refractivity contribution in [3.8, 4) is 0 Å². The first-order chi connectivity index (χ1) is 7.29. The van der Waals surface area contributed by atoms with Gasteiger partial charge in [0.25, 0.3) is 0 Å². The number of thiocarbonyl (C=S) groups is 1. The maximum absolute atomic E-state index is 4.81. The second kappa shape index (κ2) is 8.36. The molecule has 0 aromatic rings. The molecule has 0 saturated carbocycles. The van der Waals surface area contributed by atoms with Crippen molar-refractivity contribution in [3.63, 3.8) is 0 Å². The molecule has 0 unspecified atom stereocenters. The van der Waals surface area contributed by atoms with Crippen molar-refractivity contribution in [1.29, 1.82) is 0 Å². The van der Waals surface area contributed by atoms with Crippen LogP contribution in [0.2, 0.25) is 0 Å². The highest BCUT2D eigenvalue weighted by atomic mass is 32.1. The topological polar surface area (TPSA) is 15.3 Å². The highest BCUT2D eigenvalue weighted by molar-refractivity contribution is 8.11. The van der Waals surface area contributed by atoms with Crippen LogP contribution in [-0.4, -0.2) is 28.9 Å². The Balaban J connectivity index is 1.85. The fourth-order valence-corrected chi connectivity index (χ4v) is 2.05. The van der Waals surface area contributed by atoms with Crippen molar-refractivity contribution in [2.45, 2.75) is 38.5 Å². The van der Waals surface area contributed by atoms with Crippen molar-refractivity contribution in [2.24, 2.45) is 0 Å². The fourth-order valence-electron chi connectivity index (χ4n) is 1.84. The molecule has 2 nitrogen and oxygen atoms in total. The maximum Gasteiger partial charge on any atom is 0.130 e. The number of nitrogens with zero attached hydrogens (tertiary/aromatic N) is 1. The summed E-state index contributed by atoms with van der Waals surface area (Å²) in [5.41, 5.74) is 0. The summed E-state index contributed by atoms with van der Waals surface area (Å²) < 4.78 is 0.606. The Labute approximate surface area is 104 Å². The Morgan fingerprint density at radius 2 is 2.00 bits per heavy atom. The van der Waals surface area contributed by atoms with Crippen molar-refractivity contribution >= 4 is 29.2 Å². The Hall–Kier alpha value is 0.200. The van der Waals surface area contributed by atoms with Crippen LogP contribution in [0.15, 0.2) is 0 Å². The molecule has 0 aromatic carbocycles. The molecule has 1 fully saturated rings. The Morgan fingerprint density at radius 3 is 2.67 bits per heavy atom. The third-order valence-corrected chi connectivity index (χ3v) is 2.99. The molecule has 4 heteroatoms. The fraction of sp³-hybridized carbons (Fsp3) is 0.818. The zero-order chi connectivity index (χ0) is 10.9. The van der Waals surface area contributed by atoms with E-state index in [1.165, 1.54) is 51.6 Å². The maximum atomic E-state index is 4.81. The molecule has 1 N–H and O–H groups in total. The number of rotatable bonds is 6. The number of likely N-dealkylation sites (tertiary alicyclic amines) is 1. The molecule has 0 bridgehead atoms. The number of hydrogen-bond donors (Lipinski definition) is 2. The largest absolute Gasteiger partial charge is 0.371 e. The van der Waals surface area contributed by atoms with E-state index >= 15 is 0 Å². The van der Waals surface area contributed by atoms with E-state index in [0.717, 1.165) is 6.54 Å². The number of unbranched alkanes of at least 4 members (excludes halogenated alkanes) is 2. The number of hydrogen-bond acceptors (Lipinski definition) is 2. The van der Waals surface area contributed by atoms with Crippen molar-refractivity contribution < 1.29 is 0 Å². The first kappa shape index (κ1) is 13.3. The molecule has 1 rings (SSSR count). The molecule has 1 saturated heterocycles. The molecule has 1 radical (unpaired) electrons. The normalized spacial score (nSPS) is 17.7. The van der Waals surface area contributed by atoms with E-state index in [4.69, 9.17) is 12.2 Å². The smallest absolute Gasteiger partial charge is 0.130 e. The van der Waals surface area contributed by atoms with Gasteiger partial charge in [0.05, 0.1) is 0 Å². The first-order valence-electron chi connectivity index (χ1n) is 5.83. The molecular formula is C11H21N2S2. The molecule has 1 heterocycles. The van der Waals surface area contributed by atoms with E-state index in [0.29, 0.717) is 4.32 Å². The van der Waals surface area contributed by atoms with Gasteiger partial charge in [-0.05, 0) is 38.8 Å². The van der Waals surface area contributed by atoms with Gasteiger partial charge in [0.15, 0.2) is 0 Å². The van der Waals surface area contributed by atoms with Crippen LogP contribution in [0.3, 0.4) is 0 Å². The zero-order valence-electron chi connectivity index (χ0n) is 9.24. The van der Waals surface area contributed by atoms with Gasteiger partial charge in [-0.25, -0.2) is 0 Å². The number of thiol groups is 1. The summed E-state index contributed by atoms with van der Waals surface area (Å²) in [7, 11) is 0. The molecular weight excluding hydrogens is 224 g/mol. The molecule has 1 aliphatic rings. The summed E-state index contributed by atoms with van der Waals surface area (Å²) in [4.78, 5) is 2.47. The summed E-state index contributed by atoms with van der Waals surface area (Å²) in [6.07, 6.45) is 7.75. The van der Waals surface area contributed by atoms with Gasteiger partial charge in [0, 0.05) is 13.1 Å². The molecule has 0 amide bonds. The quantitative estimate of drug-likeness (QED) is 0.425. The molecule has 0 spiro atoms. The van der Waals surface area contributed by atoms with E-state index in [1.54, 1.807) is 0 Å². The second-order valence-corrected chi connectivity index (χ2v) is 5.16. The first-order valence-corrected chi connectivity index (χ1v) is 6.69. The third-order valence-electron chi connectivity index (χ3n) is 2.69. The molecule has 15 heavy (non-hydrogen) atoms. The SMILES string of the molecule is S=C(S)NCCCC[CH]N1CCCCC1. The zero-order valence-corrected chi connectivity index (χ0v) is 11.0. The van der Waals surface area contributed by atoms with Gasteiger partial charge in [-0.1, -0.05) is 25.1 Å². The Morgan fingerprint density at radius 1 is 1.27 bits per heavy atom. The Kier molecular flexibility index (Phi) is 7.40. The van der Waals surface area contributed by atoms with Crippen molar-refractivity contribution in [1.82, 2.24) is 10.2 Å². The summed E-state index contributed by atoms with van der Waals surface area (Å²) in [5.74, 6) is 0. The van der Waals surface area contributed by atoms with Gasteiger partial charge in [-0.3, -0.25) is 4.90 Å². The van der Waals surface area contributed by atoms with E-state index in [2.05, 4.69) is 29.4 Å². The van der Waals surface area contributed by atoms with Gasteiger partial charge in [-0.15, -0.1) is 12.6 Å². The molecule has 0 aromatic heterocycles. The summed E-state index contributed by atoms with van der Waals surface area (Å²) >= 11 is 8.82. The van der Waals surface area contributed by atoms with Crippen LogP contribution >= 0.6 is 24.8 Å². The summed E-state index contributed by atoms with van der Waals surface area (Å²) in [5, 5.41) is 3.05. The van der Waals surface area contributed by atoms with Crippen LogP contribution in [0.5, 0.6) is 0 Å². The van der Waals surface area contributed by atoms with Gasteiger partial charge in [-0.2, -0.15) is 0 Å². The number of nitrogens with one attached hydrogen (secondary N) is 1. The predicted molar refractivity (Wildman–Crippen MR) is 73.2 cm³/mol. The molecule has 1 aliphatic heterocycles. The van der Waals surface area contributed by atoms with Gasteiger partial charge >= 0.3 is 0 Å². The summed E-state index contributed by atoms with van der Waals surface area (Å²) in [6, 6.07) is 0. The lowest BCUT2D eigenvalue weighted by Crippen LogP contribution is -2.27. The lowest BCUT2D eigenvalue weighted by Gasteiger charge is -2.25. The minimum atomic E-state index is 0.606. The van der Waals surface area contributed by atoms with Crippen molar-refractivity contribution in [2.75, 3.05) is 19.6 Å².